The lowest BCUT2D eigenvalue weighted by Gasteiger charge is -2.15. The molecule has 2 N–H and O–H groups in total. The number of aromatic nitrogens is 2. The van der Waals surface area contributed by atoms with Crippen molar-refractivity contribution in [3.8, 4) is 0 Å². The molecule has 1 aliphatic rings. The monoisotopic (exact) mass is 293 g/mol. The number of hydrogen-bond acceptors (Lipinski definition) is 4. The molecular weight excluding hydrogens is 266 g/mol. The molecule has 1 unspecified atom stereocenters. The van der Waals surface area contributed by atoms with Gasteiger partial charge in [-0.2, -0.15) is 11.8 Å². The minimum absolute atomic E-state index is 0.495. The van der Waals surface area contributed by atoms with Crippen molar-refractivity contribution < 1.29 is 0 Å². The Labute approximate surface area is 127 Å². The van der Waals surface area contributed by atoms with E-state index in [1.807, 2.05) is 11.8 Å². The molecule has 1 atom stereocenters. The SMILES string of the molecule is Cc1nc(CSC2CCCC2)nc(C)c1CC(C)CN. The predicted octanol–water partition coefficient (Wildman–Crippen LogP) is 3.41. The quantitative estimate of drug-likeness (QED) is 0.873. The summed E-state index contributed by atoms with van der Waals surface area (Å²) < 4.78 is 0. The Morgan fingerprint density at radius 3 is 2.35 bits per heavy atom. The number of nitrogens with zero attached hydrogens (tertiary/aromatic N) is 2. The second-order valence-corrected chi connectivity index (χ2v) is 7.34. The number of rotatable bonds is 6. The zero-order chi connectivity index (χ0) is 14.5. The van der Waals surface area contributed by atoms with Gasteiger partial charge in [0.1, 0.15) is 5.82 Å². The molecule has 0 bridgehead atoms. The van der Waals surface area contributed by atoms with Crippen molar-refractivity contribution in [3.63, 3.8) is 0 Å². The topological polar surface area (TPSA) is 51.8 Å². The molecule has 1 aliphatic carbocycles. The standard InChI is InChI=1S/C16H27N3S/c1-11(9-17)8-15-12(2)18-16(19-13(15)3)10-20-14-6-4-5-7-14/h11,14H,4-10,17H2,1-3H3. The van der Waals surface area contributed by atoms with Crippen molar-refractivity contribution in [2.45, 2.75) is 63.9 Å². The molecule has 0 amide bonds. The Balaban J connectivity index is 2.01. The molecule has 1 heterocycles. The van der Waals surface area contributed by atoms with Gasteiger partial charge in [-0.1, -0.05) is 19.8 Å². The second-order valence-electron chi connectivity index (χ2n) is 6.05. The van der Waals surface area contributed by atoms with E-state index in [9.17, 15) is 0 Å². The van der Waals surface area contributed by atoms with Crippen LogP contribution in [-0.4, -0.2) is 21.8 Å². The van der Waals surface area contributed by atoms with E-state index in [1.165, 1.54) is 31.2 Å². The highest BCUT2D eigenvalue weighted by atomic mass is 32.2. The first-order valence-corrected chi connectivity index (χ1v) is 8.79. The number of nitrogens with two attached hydrogens (primary N) is 1. The molecule has 1 aromatic rings. The lowest BCUT2D eigenvalue weighted by molar-refractivity contribution is 0.585. The molecule has 0 saturated heterocycles. The summed E-state index contributed by atoms with van der Waals surface area (Å²) in [6, 6.07) is 0. The number of thioether (sulfide) groups is 1. The number of aryl methyl sites for hydroxylation is 2. The maximum atomic E-state index is 5.72. The number of hydrogen-bond donors (Lipinski definition) is 1. The largest absolute Gasteiger partial charge is 0.330 e. The molecule has 1 fully saturated rings. The smallest absolute Gasteiger partial charge is 0.138 e. The summed E-state index contributed by atoms with van der Waals surface area (Å²) >= 11 is 2.03. The molecule has 1 saturated carbocycles. The van der Waals surface area contributed by atoms with Crippen molar-refractivity contribution >= 4 is 11.8 Å². The summed E-state index contributed by atoms with van der Waals surface area (Å²) in [7, 11) is 0. The Hall–Kier alpha value is -0.610. The van der Waals surface area contributed by atoms with Gasteiger partial charge in [0, 0.05) is 16.6 Å². The van der Waals surface area contributed by atoms with Gasteiger partial charge in [-0.15, -0.1) is 0 Å². The van der Waals surface area contributed by atoms with Gasteiger partial charge in [0.25, 0.3) is 0 Å². The van der Waals surface area contributed by atoms with Gasteiger partial charge in [0.15, 0.2) is 0 Å². The van der Waals surface area contributed by atoms with Gasteiger partial charge >= 0.3 is 0 Å². The first-order valence-electron chi connectivity index (χ1n) is 7.74. The van der Waals surface area contributed by atoms with Gasteiger partial charge in [-0.05, 0) is 51.1 Å². The molecule has 0 radical (unpaired) electrons. The summed E-state index contributed by atoms with van der Waals surface area (Å²) in [6.07, 6.45) is 6.52. The molecular formula is C16H27N3S. The van der Waals surface area contributed by atoms with Crippen LogP contribution in [0.4, 0.5) is 0 Å². The van der Waals surface area contributed by atoms with Crippen LogP contribution in [0.2, 0.25) is 0 Å². The van der Waals surface area contributed by atoms with Gasteiger partial charge in [-0.3, -0.25) is 0 Å². The van der Waals surface area contributed by atoms with E-state index in [4.69, 9.17) is 15.7 Å². The van der Waals surface area contributed by atoms with Crippen LogP contribution in [0.15, 0.2) is 0 Å². The van der Waals surface area contributed by atoms with Crippen LogP contribution < -0.4 is 5.73 Å². The highest BCUT2D eigenvalue weighted by Gasteiger charge is 2.17. The minimum atomic E-state index is 0.495. The van der Waals surface area contributed by atoms with Crippen LogP contribution in [0.25, 0.3) is 0 Å². The summed E-state index contributed by atoms with van der Waals surface area (Å²) in [5, 5.41) is 0.830. The fourth-order valence-electron chi connectivity index (χ4n) is 2.85. The Bertz CT molecular complexity index is 418. The van der Waals surface area contributed by atoms with E-state index >= 15 is 0 Å². The Morgan fingerprint density at radius 1 is 1.20 bits per heavy atom. The highest BCUT2D eigenvalue weighted by Crippen LogP contribution is 2.31. The van der Waals surface area contributed by atoms with Crippen LogP contribution in [0, 0.1) is 19.8 Å². The minimum Gasteiger partial charge on any atom is -0.330 e. The lowest BCUT2D eigenvalue weighted by Crippen LogP contribution is -2.16. The predicted molar refractivity (Wildman–Crippen MR) is 87.0 cm³/mol. The van der Waals surface area contributed by atoms with E-state index in [2.05, 4.69) is 20.8 Å². The van der Waals surface area contributed by atoms with Crippen LogP contribution in [-0.2, 0) is 12.2 Å². The summed E-state index contributed by atoms with van der Waals surface area (Å²) in [5.74, 6) is 2.45. The normalized spacial score (nSPS) is 17.6. The first kappa shape index (κ1) is 15.8. The van der Waals surface area contributed by atoms with Crippen molar-refractivity contribution in [1.29, 1.82) is 0 Å². The summed E-state index contributed by atoms with van der Waals surface area (Å²) in [6.45, 7) is 7.12. The molecule has 20 heavy (non-hydrogen) atoms. The van der Waals surface area contributed by atoms with E-state index in [0.29, 0.717) is 5.92 Å². The van der Waals surface area contributed by atoms with Gasteiger partial charge in [0.2, 0.25) is 0 Å². The van der Waals surface area contributed by atoms with Crippen LogP contribution in [0.5, 0.6) is 0 Å². The molecule has 1 aromatic heterocycles. The van der Waals surface area contributed by atoms with Gasteiger partial charge in [-0.25, -0.2) is 9.97 Å². The summed E-state index contributed by atoms with van der Waals surface area (Å²) in [5.41, 5.74) is 9.29. The molecule has 3 nitrogen and oxygen atoms in total. The van der Waals surface area contributed by atoms with Crippen molar-refractivity contribution in [3.05, 3.63) is 22.8 Å². The molecule has 2 rings (SSSR count). The maximum Gasteiger partial charge on any atom is 0.138 e. The third-order valence-electron chi connectivity index (χ3n) is 4.17. The third-order valence-corrected chi connectivity index (χ3v) is 5.54. The average Bonchev–Trinajstić information content (AvgIpc) is 2.93. The van der Waals surface area contributed by atoms with Gasteiger partial charge in [0.05, 0.1) is 5.75 Å². The molecule has 0 aromatic carbocycles. The Morgan fingerprint density at radius 2 is 1.80 bits per heavy atom. The van der Waals surface area contributed by atoms with E-state index < -0.39 is 0 Å². The van der Waals surface area contributed by atoms with Crippen molar-refractivity contribution in [2.75, 3.05) is 6.54 Å². The zero-order valence-electron chi connectivity index (χ0n) is 13.0. The van der Waals surface area contributed by atoms with E-state index in [1.54, 1.807) is 0 Å². The molecule has 4 heteroatoms. The van der Waals surface area contributed by atoms with Crippen molar-refractivity contribution in [2.24, 2.45) is 11.7 Å². The third kappa shape index (κ3) is 4.19. The van der Waals surface area contributed by atoms with Crippen molar-refractivity contribution in [1.82, 2.24) is 9.97 Å². The highest BCUT2D eigenvalue weighted by molar-refractivity contribution is 7.99. The van der Waals surface area contributed by atoms with Crippen LogP contribution in [0.3, 0.4) is 0 Å². The Kier molecular flexibility index (Phi) is 5.85. The molecule has 112 valence electrons. The second kappa shape index (κ2) is 7.41. The zero-order valence-corrected chi connectivity index (χ0v) is 13.8. The summed E-state index contributed by atoms with van der Waals surface area (Å²) in [4.78, 5) is 9.42. The van der Waals surface area contributed by atoms with E-state index in [-0.39, 0.29) is 0 Å². The average molecular weight is 293 g/mol. The van der Waals surface area contributed by atoms with Gasteiger partial charge < -0.3 is 5.73 Å². The fourth-order valence-corrected chi connectivity index (χ4v) is 4.03. The van der Waals surface area contributed by atoms with E-state index in [0.717, 1.165) is 41.2 Å². The van der Waals surface area contributed by atoms with Crippen LogP contribution in [0.1, 0.15) is 55.4 Å². The molecule has 0 spiro atoms. The fraction of sp³-hybridized carbons (Fsp3) is 0.750. The lowest BCUT2D eigenvalue weighted by atomic mass is 9.99. The van der Waals surface area contributed by atoms with Crippen LogP contribution >= 0.6 is 11.8 Å². The molecule has 0 aliphatic heterocycles. The first-order chi connectivity index (χ1) is 9.60. The maximum absolute atomic E-state index is 5.72.